The second-order valence-corrected chi connectivity index (χ2v) is 6.20. The maximum atomic E-state index is 10.9. The maximum Gasteiger partial charge on any atom is 0.318 e. The number of hydrogen-bond donors (Lipinski definition) is 3. The van der Waals surface area contributed by atoms with Crippen molar-refractivity contribution in [1.82, 2.24) is 19.9 Å². The molecule has 2 aromatic heterocycles. The van der Waals surface area contributed by atoms with Gasteiger partial charge in [-0.1, -0.05) is 11.3 Å². The van der Waals surface area contributed by atoms with Gasteiger partial charge < -0.3 is 20.7 Å². The highest BCUT2D eigenvalue weighted by atomic mass is 32.1. The summed E-state index contributed by atoms with van der Waals surface area (Å²) < 4.78 is 5.46. The molecule has 10 nitrogen and oxygen atoms in total. The Morgan fingerprint density at radius 3 is 3.00 bits per heavy atom. The van der Waals surface area contributed by atoms with Gasteiger partial charge >= 0.3 is 6.03 Å². The van der Waals surface area contributed by atoms with E-state index in [9.17, 15) is 4.79 Å². The van der Waals surface area contributed by atoms with Gasteiger partial charge in [0.15, 0.2) is 11.0 Å². The minimum Gasteiger partial charge on any atom is -0.377 e. The van der Waals surface area contributed by atoms with E-state index in [0.29, 0.717) is 47.5 Å². The third-order valence-electron chi connectivity index (χ3n) is 3.43. The first-order valence-corrected chi connectivity index (χ1v) is 8.19. The van der Waals surface area contributed by atoms with Crippen LogP contribution in [0.15, 0.2) is 6.20 Å². The van der Waals surface area contributed by atoms with E-state index < -0.39 is 6.03 Å². The van der Waals surface area contributed by atoms with Crippen molar-refractivity contribution >= 4 is 34.4 Å². The molecule has 3 rings (SSSR count). The number of hydrogen-bond acceptors (Lipinski definition) is 9. The number of rotatable bonds is 4. The summed E-state index contributed by atoms with van der Waals surface area (Å²) in [7, 11) is 1.75. The number of morpholine rings is 1. The largest absolute Gasteiger partial charge is 0.377 e. The number of carbonyl (C=O) groups excluding carboxylic acids is 1. The summed E-state index contributed by atoms with van der Waals surface area (Å²) in [5.74, 6) is 1.53. The van der Waals surface area contributed by atoms with Gasteiger partial charge in [-0.15, -0.1) is 0 Å². The number of primary amides is 1. The SMILES string of the molecule is CNc1nc(-c2cnc(NC(N)=O)s2)nc(N2CCOCC2C)n1. The molecule has 0 aliphatic carbocycles. The van der Waals surface area contributed by atoms with Crippen molar-refractivity contribution < 1.29 is 9.53 Å². The van der Waals surface area contributed by atoms with Crippen molar-refractivity contribution in [2.24, 2.45) is 5.73 Å². The van der Waals surface area contributed by atoms with Gasteiger partial charge in [0, 0.05) is 13.6 Å². The molecule has 0 saturated carbocycles. The van der Waals surface area contributed by atoms with E-state index in [2.05, 4.69) is 42.4 Å². The van der Waals surface area contributed by atoms with Crippen molar-refractivity contribution in [3.8, 4) is 10.7 Å². The van der Waals surface area contributed by atoms with Crippen LogP contribution in [0.3, 0.4) is 0 Å². The average Bonchev–Trinajstić information content (AvgIpc) is 3.02. The molecule has 0 radical (unpaired) electrons. The Hall–Kier alpha value is -2.53. The summed E-state index contributed by atoms with van der Waals surface area (Å²) in [6.45, 7) is 4.03. The number of nitrogens with two attached hydrogens (primary N) is 1. The highest BCUT2D eigenvalue weighted by Crippen LogP contribution is 2.28. The zero-order chi connectivity index (χ0) is 17.1. The van der Waals surface area contributed by atoms with Crippen molar-refractivity contribution in [1.29, 1.82) is 0 Å². The highest BCUT2D eigenvalue weighted by molar-refractivity contribution is 7.19. The quantitative estimate of drug-likeness (QED) is 0.736. The molecule has 128 valence electrons. The molecule has 11 heteroatoms. The number of aromatic nitrogens is 4. The van der Waals surface area contributed by atoms with Gasteiger partial charge in [0.2, 0.25) is 11.9 Å². The molecular weight excluding hydrogens is 332 g/mol. The Morgan fingerprint density at radius 2 is 2.29 bits per heavy atom. The van der Waals surface area contributed by atoms with E-state index in [1.54, 1.807) is 13.2 Å². The molecule has 24 heavy (non-hydrogen) atoms. The predicted molar refractivity (Wildman–Crippen MR) is 91.3 cm³/mol. The van der Waals surface area contributed by atoms with E-state index in [1.807, 2.05) is 0 Å². The summed E-state index contributed by atoms with van der Waals surface area (Å²) in [4.78, 5) is 31.2. The molecule has 2 aromatic rings. The number of thiazole rings is 1. The third kappa shape index (κ3) is 3.51. The van der Waals surface area contributed by atoms with Crippen LogP contribution >= 0.6 is 11.3 Å². The molecule has 1 aliphatic rings. The lowest BCUT2D eigenvalue weighted by molar-refractivity contribution is 0.0981. The van der Waals surface area contributed by atoms with E-state index >= 15 is 0 Å². The fraction of sp³-hybridized carbons (Fsp3) is 0.462. The zero-order valence-corrected chi connectivity index (χ0v) is 14.1. The lowest BCUT2D eigenvalue weighted by Gasteiger charge is -2.33. The number of nitrogens with zero attached hydrogens (tertiary/aromatic N) is 5. The summed E-state index contributed by atoms with van der Waals surface area (Å²) in [5.41, 5.74) is 5.10. The Labute approximate surface area is 142 Å². The first-order chi connectivity index (χ1) is 11.6. The molecular formula is C13H18N8O2S. The first-order valence-electron chi connectivity index (χ1n) is 7.37. The molecule has 1 aliphatic heterocycles. The van der Waals surface area contributed by atoms with Crippen LogP contribution in [0.5, 0.6) is 0 Å². The monoisotopic (exact) mass is 350 g/mol. The molecule has 1 atom stereocenters. The van der Waals surface area contributed by atoms with Crippen molar-refractivity contribution in [3.63, 3.8) is 0 Å². The Balaban J connectivity index is 1.94. The van der Waals surface area contributed by atoms with Crippen LogP contribution in [0.25, 0.3) is 10.7 Å². The minimum absolute atomic E-state index is 0.173. The lowest BCUT2D eigenvalue weighted by atomic mass is 10.3. The Kier molecular flexibility index (Phi) is 4.71. The Bertz CT molecular complexity index is 737. The lowest BCUT2D eigenvalue weighted by Crippen LogP contribution is -2.44. The average molecular weight is 350 g/mol. The molecule has 1 saturated heterocycles. The van der Waals surface area contributed by atoms with Crippen LogP contribution < -0.4 is 21.3 Å². The summed E-state index contributed by atoms with van der Waals surface area (Å²) in [6.07, 6.45) is 1.59. The fourth-order valence-electron chi connectivity index (χ4n) is 2.28. The second-order valence-electron chi connectivity index (χ2n) is 5.17. The number of amides is 2. The molecule has 1 unspecified atom stereocenters. The van der Waals surface area contributed by atoms with Crippen molar-refractivity contribution in [3.05, 3.63) is 6.20 Å². The van der Waals surface area contributed by atoms with E-state index in [1.165, 1.54) is 11.3 Å². The van der Waals surface area contributed by atoms with Crippen LogP contribution in [0.1, 0.15) is 6.92 Å². The second kappa shape index (κ2) is 6.93. The van der Waals surface area contributed by atoms with Crippen LogP contribution in [-0.2, 0) is 4.74 Å². The fourth-order valence-corrected chi connectivity index (χ4v) is 3.03. The minimum atomic E-state index is -0.662. The van der Waals surface area contributed by atoms with E-state index in [0.717, 1.165) is 0 Å². The van der Waals surface area contributed by atoms with Crippen LogP contribution in [0.4, 0.5) is 21.8 Å². The topological polar surface area (TPSA) is 131 Å². The summed E-state index contributed by atoms with van der Waals surface area (Å²) in [5, 5.41) is 5.78. The van der Waals surface area contributed by atoms with Gasteiger partial charge in [-0.3, -0.25) is 5.32 Å². The van der Waals surface area contributed by atoms with Gasteiger partial charge in [-0.25, -0.2) is 9.78 Å². The van der Waals surface area contributed by atoms with Crippen molar-refractivity contribution in [2.45, 2.75) is 13.0 Å². The third-order valence-corrected chi connectivity index (χ3v) is 4.34. The first kappa shape index (κ1) is 16.3. The molecule has 0 bridgehead atoms. The number of nitrogens with one attached hydrogen (secondary N) is 2. The molecule has 0 aromatic carbocycles. The molecule has 4 N–H and O–H groups in total. The maximum absolute atomic E-state index is 10.9. The molecule has 0 spiro atoms. The molecule has 1 fully saturated rings. The Morgan fingerprint density at radius 1 is 1.46 bits per heavy atom. The normalized spacial score (nSPS) is 17.6. The predicted octanol–water partition coefficient (Wildman–Crippen LogP) is 0.752. The standard InChI is InChI=1S/C13H18N8O2S/c1-7-6-23-4-3-21(7)12-18-9(17-11(15-2)20-12)8-5-16-13(24-8)19-10(14)22/h5,7H,3-4,6H2,1-2H3,(H3,14,16,19,22)(H,15,17,18,20). The highest BCUT2D eigenvalue weighted by Gasteiger charge is 2.23. The van der Waals surface area contributed by atoms with Gasteiger partial charge in [0.25, 0.3) is 0 Å². The van der Waals surface area contributed by atoms with Gasteiger partial charge in [0.05, 0.1) is 30.3 Å². The van der Waals surface area contributed by atoms with Crippen molar-refractivity contribution in [2.75, 3.05) is 42.3 Å². The summed E-state index contributed by atoms with van der Waals surface area (Å²) >= 11 is 1.24. The van der Waals surface area contributed by atoms with E-state index in [-0.39, 0.29) is 6.04 Å². The van der Waals surface area contributed by atoms with E-state index in [4.69, 9.17) is 10.5 Å². The number of ether oxygens (including phenoxy) is 1. The van der Waals surface area contributed by atoms with Crippen LogP contribution in [0, 0.1) is 0 Å². The van der Waals surface area contributed by atoms with Crippen LogP contribution in [0.2, 0.25) is 0 Å². The van der Waals surface area contributed by atoms with Gasteiger partial charge in [0.1, 0.15) is 0 Å². The number of urea groups is 1. The molecule has 2 amide bonds. The van der Waals surface area contributed by atoms with Crippen LogP contribution in [-0.4, -0.2) is 58.8 Å². The summed E-state index contributed by atoms with van der Waals surface area (Å²) in [6, 6.07) is -0.488. The smallest absolute Gasteiger partial charge is 0.318 e. The molecule has 3 heterocycles. The number of anilines is 3. The zero-order valence-electron chi connectivity index (χ0n) is 13.3. The van der Waals surface area contributed by atoms with Gasteiger partial charge in [-0.2, -0.15) is 15.0 Å². The number of carbonyl (C=O) groups is 1. The van der Waals surface area contributed by atoms with Gasteiger partial charge in [-0.05, 0) is 6.92 Å².